The van der Waals surface area contributed by atoms with Crippen LogP contribution in [0.2, 0.25) is 0 Å². The van der Waals surface area contributed by atoms with Gasteiger partial charge in [0.15, 0.2) is 5.11 Å². The van der Waals surface area contributed by atoms with Crippen LogP contribution >= 0.6 is 12.2 Å². The fourth-order valence-corrected chi connectivity index (χ4v) is 4.53. The second-order valence-corrected chi connectivity index (χ2v) is 8.41. The summed E-state index contributed by atoms with van der Waals surface area (Å²) in [4.78, 5) is 0. The molecule has 2 nitrogen and oxygen atoms in total. The van der Waals surface area contributed by atoms with Crippen LogP contribution in [0.25, 0.3) is 0 Å². The van der Waals surface area contributed by atoms with Gasteiger partial charge in [-0.1, -0.05) is 57.7 Å². The Kier molecular flexibility index (Phi) is 6.15. The summed E-state index contributed by atoms with van der Waals surface area (Å²) >= 11 is 5.60. The Balaban J connectivity index is 1.85. The van der Waals surface area contributed by atoms with Crippen LogP contribution in [0.5, 0.6) is 0 Å². The highest BCUT2D eigenvalue weighted by molar-refractivity contribution is 7.80. The van der Waals surface area contributed by atoms with Gasteiger partial charge in [0.25, 0.3) is 0 Å². The molecule has 3 rings (SSSR count). The van der Waals surface area contributed by atoms with Crippen LogP contribution in [0.15, 0.2) is 18.2 Å². The maximum absolute atomic E-state index is 5.60. The summed E-state index contributed by atoms with van der Waals surface area (Å²) in [7, 11) is 0. The maximum atomic E-state index is 5.60. The Labute approximate surface area is 152 Å². The highest BCUT2D eigenvalue weighted by Crippen LogP contribution is 2.44. The molecule has 2 saturated carbocycles. The molecule has 2 fully saturated rings. The third kappa shape index (κ3) is 4.30. The van der Waals surface area contributed by atoms with E-state index in [-0.39, 0.29) is 0 Å². The summed E-state index contributed by atoms with van der Waals surface area (Å²) < 4.78 is 0. The minimum absolute atomic E-state index is 0.601. The molecule has 0 unspecified atom stereocenters. The monoisotopic (exact) mass is 344 g/mol. The number of rotatable bonds is 5. The summed E-state index contributed by atoms with van der Waals surface area (Å²) in [6.07, 6.45) is 10.8. The van der Waals surface area contributed by atoms with Crippen molar-refractivity contribution in [2.75, 3.05) is 11.9 Å². The summed E-state index contributed by atoms with van der Waals surface area (Å²) in [6, 6.07) is 6.95. The zero-order chi connectivity index (χ0) is 16.9. The molecule has 0 radical (unpaired) electrons. The van der Waals surface area contributed by atoms with Gasteiger partial charge in [0.2, 0.25) is 0 Å². The van der Waals surface area contributed by atoms with Crippen LogP contribution in [0, 0.1) is 5.92 Å². The lowest BCUT2D eigenvalue weighted by atomic mass is 9.88. The number of para-hydroxylation sites is 1. The van der Waals surface area contributed by atoms with E-state index in [1.54, 1.807) is 0 Å². The fraction of sp³-hybridized carbons (Fsp3) is 0.667. The van der Waals surface area contributed by atoms with Crippen molar-refractivity contribution in [2.24, 2.45) is 5.92 Å². The van der Waals surface area contributed by atoms with Crippen LogP contribution in [0.3, 0.4) is 0 Å². The van der Waals surface area contributed by atoms with E-state index < -0.39 is 0 Å². The summed E-state index contributed by atoms with van der Waals surface area (Å²) in [5.74, 6) is 2.02. The molecule has 0 heterocycles. The number of hydrogen-bond donors (Lipinski definition) is 2. The first-order valence-electron chi connectivity index (χ1n) is 9.82. The van der Waals surface area contributed by atoms with Crippen molar-refractivity contribution < 1.29 is 0 Å². The van der Waals surface area contributed by atoms with Gasteiger partial charge in [-0.05, 0) is 66.8 Å². The van der Waals surface area contributed by atoms with Crippen LogP contribution < -0.4 is 10.6 Å². The molecule has 0 bridgehead atoms. The van der Waals surface area contributed by atoms with Gasteiger partial charge in [-0.15, -0.1) is 0 Å². The largest absolute Gasteiger partial charge is 0.362 e. The first kappa shape index (κ1) is 17.7. The minimum atomic E-state index is 0.601. The smallest absolute Gasteiger partial charge is 0.170 e. The highest BCUT2D eigenvalue weighted by atomic mass is 32.1. The second kappa shape index (κ2) is 8.33. The van der Waals surface area contributed by atoms with Gasteiger partial charge in [0.1, 0.15) is 0 Å². The van der Waals surface area contributed by atoms with Gasteiger partial charge in [-0.25, -0.2) is 0 Å². The van der Waals surface area contributed by atoms with Gasteiger partial charge >= 0.3 is 0 Å². The van der Waals surface area contributed by atoms with E-state index in [1.165, 1.54) is 68.2 Å². The van der Waals surface area contributed by atoms with Crippen molar-refractivity contribution in [3.63, 3.8) is 0 Å². The highest BCUT2D eigenvalue weighted by Gasteiger charge is 2.26. The van der Waals surface area contributed by atoms with E-state index >= 15 is 0 Å². The van der Waals surface area contributed by atoms with Crippen LogP contribution in [0.4, 0.5) is 5.69 Å². The summed E-state index contributed by atoms with van der Waals surface area (Å²) in [5, 5.41) is 7.78. The van der Waals surface area contributed by atoms with Gasteiger partial charge < -0.3 is 10.6 Å². The maximum Gasteiger partial charge on any atom is 0.170 e. The Morgan fingerprint density at radius 1 is 1.00 bits per heavy atom. The predicted molar refractivity (Wildman–Crippen MR) is 108 cm³/mol. The topological polar surface area (TPSA) is 24.1 Å². The zero-order valence-electron chi connectivity index (χ0n) is 15.2. The molecule has 132 valence electrons. The summed E-state index contributed by atoms with van der Waals surface area (Å²) in [5.41, 5.74) is 4.34. The molecule has 0 saturated heterocycles. The third-order valence-corrected chi connectivity index (χ3v) is 5.87. The molecule has 2 N–H and O–H groups in total. The number of anilines is 1. The van der Waals surface area contributed by atoms with Crippen LogP contribution in [-0.2, 0) is 0 Å². The van der Waals surface area contributed by atoms with Crippen molar-refractivity contribution >= 4 is 23.0 Å². The SMILES string of the molecule is CC(C)CNC(=S)Nc1c(C2CCCC2)cccc1C1CCCC1. The molecule has 24 heavy (non-hydrogen) atoms. The number of thiocarbonyl (C=S) groups is 1. The first-order valence-corrected chi connectivity index (χ1v) is 10.2. The average Bonchev–Trinajstić information content (AvgIpc) is 3.26. The van der Waals surface area contributed by atoms with E-state index in [9.17, 15) is 0 Å². The van der Waals surface area contributed by atoms with Gasteiger partial charge in [0.05, 0.1) is 0 Å². The van der Waals surface area contributed by atoms with E-state index in [0.29, 0.717) is 17.8 Å². The lowest BCUT2D eigenvalue weighted by Gasteiger charge is -2.24. The normalized spacial score (nSPS) is 19.1. The van der Waals surface area contributed by atoms with Crippen molar-refractivity contribution in [3.05, 3.63) is 29.3 Å². The molecule has 1 aromatic rings. The molecule has 0 atom stereocenters. The first-order chi connectivity index (χ1) is 11.6. The molecular weight excluding hydrogens is 312 g/mol. The van der Waals surface area contributed by atoms with E-state index in [0.717, 1.165) is 11.7 Å². The van der Waals surface area contributed by atoms with Crippen LogP contribution in [-0.4, -0.2) is 11.7 Å². The van der Waals surface area contributed by atoms with Crippen molar-refractivity contribution in [1.82, 2.24) is 5.32 Å². The van der Waals surface area contributed by atoms with E-state index in [1.807, 2.05) is 0 Å². The molecule has 0 aliphatic heterocycles. The Hall–Kier alpha value is -1.09. The van der Waals surface area contributed by atoms with Gasteiger partial charge in [0, 0.05) is 12.2 Å². The molecular formula is C21H32N2S. The Morgan fingerprint density at radius 3 is 1.96 bits per heavy atom. The van der Waals surface area contributed by atoms with Crippen molar-refractivity contribution in [3.8, 4) is 0 Å². The minimum Gasteiger partial charge on any atom is -0.362 e. The predicted octanol–water partition coefficient (Wildman–Crippen LogP) is 5.94. The van der Waals surface area contributed by atoms with Gasteiger partial charge in [-0.3, -0.25) is 0 Å². The average molecular weight is 345 g/mol. The second-order valence-electron chi connectivity index (χ2n) is 8.00. The Morgan fingerprint density at radius 2 is 1.50 bits per heavy atom. The fourth-order valence-electron chi connectivity index (χ4n) is 4.34. The lowest BCUT2D eigenvalue weighted by Crippen LogP contribution is -2.32. The molecule has 0 amide bonds. The van der Waals surface area contributed by atoms with Crippen LogP contribution in [0.1, 0.15) is 88.2 Å². The summed E-state index contributed by atoms with van der Waals surface area (Å²) in [6.45, 7) is 5.36. The lowest BCUT2D eigenvalue weighted by molar-refractivity contribution is 0.627. The standard InChI is InChI=1S/C21H32N2S/c1-15(2)14-22-21(24)23-20-18(16-8-3-4-9-16)12-7-13-19(20)17-10-5-6-11-17/h7,12-13,15-17H,3-6,8-11,14H2,1-2H3,(H2,22,23,24). The van der Waals surface area contributed by atoms with Crippen molar-refractivity contribution in [1.29, 1.82) is 0 Å². The third-order valence-electron chi connectivity index (χ3n) is 5.63. The molecule has 3 heteroatoms. The molecule has 2 aliphatic carbocycles. The quantitative estimate of drug-likeness (QED) is 0.646. The molecule has 1 aromatic carbocycles. The number of benzene rings is 1. The zero-order valence-corrected chi connectivity index (χ0v) is 16.1. The van der Waals surface area contributed by atoms with E-state index in [4.69, 9.17) is 12.2 Å². The molecule has 0 spiro atoms. The number of nitrogens with one attached hydrogen (secondary N) is 2. The number of hydrogen-bond acceptors (Lipinski definition) is 1. The van der Waals surface area contributed by atoms with E-state index in [2.05, 4.69) is 42.7 Å². The molecule has 2 aliphatic rings. The van der Waals surface area contributed by atoms with Gasteiger partial charge in [-0.2, -0.15) is 0 Å². The Bertz CT molecular complexity index is 521. The molecule has 0 aromatic heterocycles. The van der Waals surface area contributed by atoms with Crippen molar-refractivity contribution in [2.45, 2.75) is 77.0 Å².